The first-order valence-corrected chi connectivity index (χ1v) is 7.96. The van der Waals surface area contributed by atoms with Crippen molar-refractivity contribution in [2.45, 2.75) is 38.9 Å². The summed E-state index contributed by atoms with van der Waals surface area (Å²) in [6.07, 6.45) is 4.80. The number of rotatable bonds is 4. The van der Waals surface area contributed by atoms with E-state index in [-0.39, 0.29) is 5.82 Å². The van der Waals surface area contributed by atoms with Crippen molar-refractivity contribution in [1.82, 2.24) is 34.8 Å². The molecule has 0 bridgehead atoms. The van der Waals surface area contributed by atoms with Gasteiger partial charge in [-0.05, 0) is 31.0 Å². The highest BCUT2D eigenvalue weighted by atomic mass is 19.1. The molecule has 0 radical (unpaired) electrons. The first-order valence-electron chi connectivity index (χ1n) is 7.96. The maximum atomic E-state index is 14.2. The summed E-state index contributed by atoms with van der Waals surface area (Å²) in [5.41, 5.74) is 1.30. The van der Waals surface area contributed by atoms with Crippen LogP contribution in [-0.4, -0.2) is 35.6 Å². The molecule has 1 unspecified atom stereocenters. The van der Waals surface area contributed by atoms with Crippen molar-refractivity contribution < 1.29 is 4.39 Å². The van der Waals surface area contributed by atoms with Crippen LogP contribution in [-0.2, 0) is 19.5 Å². The van der Waals surface area contributed by atoms with Gasteiger partial charge < -0.3 is 5.32 Å². The van der Waals surface area contributed by atoms with Crippen molar-refractivity contribution in [2.75, 3.05) is 0 Å². The summed E-state index contributed by atoms with van der Waals surface area (Å²) in [5.74, 6) is 1.56. The van der Waals surface area contributed by atoms with Crippen molar-refractivity contribution in [3.63, 3.8) is 0 Å². The zero-order chi connectivity index (χ0) is 16.5. The minimum atomic E-state index is -0.308. The lowest BCUT2D eigenvalue weighted by Crippen LogP contribution is -2.37. The van der Waals surface area contributed by atoms with Crippen LogP contribution in [0.15, 0.2) is 30.9 Å². The number of halogens is 1. The molecule has 0 fully saturated rings. The quantitative estimate of drug-likeness (QED) is 0.784. The van der Waals surface area contributed by atoms with Crippen LogP contribution in [0.4, 0.5) is 4.39 Å². The van der Waals surface area contributed by atoms with E-state index in [9.17, 15) is 4.39 Å². The van der Waals surface area contributed by atoms with Gasteiger partial charge in [-0.25, -0.2) is 23.7 Å². The Morgan fingerprint density at radius 2 is 2.29 bits per heavy atom. The topological polar surface area (TPSA) is 73.5 Å². The second-order valence-electron chi connectivity index (χ2n) is 6.00. The molecule has 3 aromatic rings. The smallest absolute Gasteiger partial charge is 0.149 e. The highest BCUT2D eigenvalue weighted by molar-refractivity contribution is 5.35. The summed E-state index contributed by atoms with van der Waals surface area (Å²) in [5, 5.41) is 11.8. The molecule has 7 nitrogen and oxygen atoms in total. The van der Waals surface area contributed by atoms with Crippen molar-refractivity contribution in [2.24, 2.45) is 0 Å². The van der Waals surface area contributed by atoms with E-state index in [0.29, 0.717) is 18.3 Å². The summed E-state index contributed by atoms with van der Waals surface area (Å²) in [4.78, 5) is 8.25. The summed E-state index contributed by atoms with van der Waals surface area (Å²) in [6, 6.07) is 5.48. The predicted molar refractivity (Wildman–Crippen MR) is 85.0 cm³/mol. The Kier molecular flexibility index (Phi) is 3.81. The fourth-order valence-corrected chi connectivity index (χ4v) is 3.04. The first kappa shape index (κ1) is 14.9. The van der Waals surface area contributed by atoms with Crippen LogP contribution < -0.4 is 5.32 Å². The number of nitrogens with one attached hydrogen (secondary N) is 1. The van der Waals surface area contributed by atoms with Crippen LogP contribution in [0.3, 0.4) is 0 Å². The Morgan fingerprint density at radius 1 is 1.38 bits per heavy atom. The molecule has 8 heteroatoms. The minimum absolute atomic E-state index is 0.308. The molecule has 0 saturated heterocycles. The third kappa shape index (κ3) is 2.92. The van der Waals surface area contributed by atoms with E-state index >= 15 is 0 Å². The van der Waals surface area contributed by atoms with Gasteiger partial charge in [0.1, 0.15) is 35.8 Å². The number of aromatic nitrogens is 6. The van der Waals surface area contributed by atoms with E-state index < -0.39 is 0 Å². The number of hydrogen-bond acceptors (Lipinski definition) is 5. The molecule has 1 aliphatic rings. The number of hydrogen-bond donors (Lipinski definition) is 1. The van der Waals surface area contributed by atoms with Gasteiger partial charge in [0.25, 0.3) is 0 Å². The fraction of sp³-hybridized carbons (Fsp3) is 0.375. The molecule has 0 aliphatic carbocycles. The molecule has 0 saturated carbocycles. The first-order chi connectivity index (χ1) is 11.7. The van der Waals surface area contributed by atoms with E-state index in [1.807, 2.05) is 17.7 Å². The molecule has 124 valence electrons. The lowest BCUT2D eigenvalue weighted by molar-refractivity contribution is 0.357. The molecule has 0 spiro atoms. The van der Waals surface area contributed by atoms with Gasteiger partial charge in [-0.15, -0.1) is 0 Å². The molecule has 1 aliphatic heterocycles. The van der Waals surface area contributed by atoms with E-state index in [0.717, 1.165) is 36.6 Å². The fourth-order valence-electron chi connectivity index (χ4n) is 3.04. The Labute approximate surface area is 138 Å². The average Bonchev–Trinajstić information content (AvgIpc) is 3.21. The van der Waals surface area contributed by atoms with Gasteiger partial charge in [0.15, 0.2) is 0 Å². The second-order valence-corrected chi connectivity index (χ2v) is 6.00. The average molecular weight is 327 g/mol. The van der Waals surface area contributed by atoms with Gasteiger partial charge in [-0.1, -0.05) is 6.07 Å². The predicted octanol–water partition coefficient (Wildman–Crippen LogP) is 1.41. The van der Waals surface area contributed by atoms with Gasteiger partial charge in [-0.3, -0.25) is 0 Å². The van der Waals surface area contributed by atoms with Crippen LogP contribution in [0.1, 0.15) is 23.6 Å². The van der Waals surface area contributed by atoms with Gasteiger partial charge in [0.2, 0.25) is 0 Å². The molecule has 24 heavy (non-hydrogen) atoms. The van der Waals surface area contributed by atoms with Crippen molar-refractivity contribution in [3.05, 3.63) is 53.9 Å². The minimum Gasteiger partial charge on any atom is -0.308 e. The Balaban J connectivity index is 1.41. The molecule has 3 heterocycles. The largest absolute Gasteiger partial charge is 0.308 e. The maximum absolute atomic E-state index is 14.2. The third-order valence-corrected chi connectivity index (χ3v) is 4.24. The zero-order valence-corrected chi connectivity index (χ0v) is 13.4. The molecular formula is C16H18FN7. The van der Waals surface area contributed by atoms with Crippen LogP contribution >= 0.6 is 0 Å². The molecule has 1 aromatic carbocycles. The van der Waals surface area contributed by atoms with E-state index in [2.05, 4.69) is 25.5 Å². The second kappa shape index (κ2) is 6.12. The highest BCUT2D eigenvalue weighted by Gasteiger charge is 2.20. The molecule has 4 rings (SSSR count). The number of aryl methyl sites for hydroxylation is 2. The van der Waals surface area contributed by atoms with Gasteiger partial charge in [0.05, 0.1) is 6.54 Å². The molecule has 1 atom stereocenters. The number of nitrogens with zero attached hydrogens (tertiary/aromatic N) is 6. The van der Waals surface area contributed by atoms with Gasteiger partial charge in [-0.2, -0.15) is 10.2 Å². The summed E-state index contributed by atoms with van der Waals surface area (Å²) in [6.45, 7) is 3.32. The normalized spacial score (nSPS) is 17.0. The van der Waals surface area contributed by atoms with Crippen LogP contribution in [0.5, 0.6) is 0 Å². The van der Waals surface area contributed by atoms with Crippen molar-refractivity contribution in [1.29, 1.82) is 0 Å². The van der Waals surface area contributed by atoms with E-state index in [1.54, 1.807) is 6.07 Å². The van der Waals surface area contributed by atoms with Crippen LogP contribution in [0.2, 0.25) is 0 Å². The lowest BCUT2D eigenvalue weighted by Gasteiger charge is -2.23. The number of fused-ring (bicyclic) bond motifs is 1. The summed E-state index contributed by atoms with van der Waals surface area (Å²) >= 11 is 0. The molecule has 0 amide bonds. The Bertz CT molecular complexity index is 840. The van der Waals surface area contributed by atoms with Gasteiger partial charge >= 0.3 is 0 Å². The van der Waals surface area contributed by atoms with Crippen molar-refractivity contribution in [3.8, 4) is 5.69 Å². The van der Waals surface area contributed by atoms with E-state index in [4.69, 9.17) is 0 Å². The molecule has 2 aromatic heterocycles. The van der Waals surface area contributed by atoms with E-state index in [1.165, 1.54) is 23.4 Å². The highest BCUT2D eigenvalue weighted by Crippen LogP contribution is 2.16. The SMILES string of the molecule is Cc1nc2n(n1)CC(NCc1ccc(-n3cncn3)c(F)c1)CC2. The van der Waals surface area contributed by atoms with Crippen LogP contribution in [0, 0.1) is 12.7 Å². The summed E-state index contributed by atoms with van der Waals surface area (Å²) in [7, 11) is 0. The molecule has 1 N–H and O–H groups in total. The van der Waals surface area contributed by atoms with Crippen molar-refractivity contribution >= 4 is 0 Å². The molecular weight excluding hydrogens is 309 g/mol. The standard InChI is InChI=1S/C16H18FN7/c1-11-21-16-5-3-13(8-23(16)22-11)19-7-12-2-4-15(14(17)6-12)24-10-18-9-20-24/h2,4,6,9-10,13,19H,3,5,7-8H2,1H3. The maximum Gasteiger partial charge on any atom is 0.149 e. The monoisotopic (exact) mass is 327 g/mol. The Hall–Kier alpha value is -2.61. The Morgan fingerprint density at radius 3 is 3.08 bits per heavy atom. The van der Waals surface area contributed by atoms with Crippen LogP contribution in [0.25, 0.3) is 5.69 Å². The third-order valence-electron chi connectivity index (χ3n) is 4.24. The number of benzene rings is 1. The zero-order valence-electron chi connectivity index (χ0n) is 13.4. The lowest BCUT2D eigenvalue weighted by atomic mass is 10.1. The summed E-state index contributed by atoms with van der Waals surface area (Å²) < 4.78 is 17.6. The van der Waals surface area contributed by atoms with Gasteiger partial charge in [0, 0.05) is 19.0 Å².